The highest BCUT2D eigenvalue weighted by atomic mass is 35.5. The number of halogens is 1. The molecule has 1 aromatic heterocycles. The molecule has 0 saturated heterocycles. The lowest BCUT2D eigenvalue weighted by Crippen LogP contribution is -2.20. The first kappa shape index (κ1) is 18.6. The standard InChI is InChI=1S/C22H21ClN2O3/c1-2-25-12-16(22(27)28)21(26)15-10-19(17(23)11-20(15)25)24-18-9-5-7-13-6-3-4-8-14(13)18/h3-4,6,8,10-12,18,24H,2,5,7,9H2,1H3,(H,27,28)/t18-/m1/s1. The third kappa shape index (κ3) is 3.16. The predicted molar refractivity (Wildman–Crippen MR) is 112 cm³/mol. The van der Waals surface area contributed by atoms with Crippen molar-refractivity contribution in [3.05, 3.63) is 74.5 Å². The summed E-state index contributed by atoms with van der Waals surface area (Å²) in [5, 5.41) is 13.7. The molecule has 1 heterocycles. The predicted octanol–water partition coefficient (Wildman–Crippen LogP) is 4.86. The van der Waals surface area contributed by atoms with Gasteiger partial charge in [0.2, 0.25) is 5.43 Å². The van der Waals surface area contributed by atoms with Crippen molar-refractivity contribution in [2.45, 2.75) is 38.8 Å². The van der Waals surface area contributed by atoms with Gasteiger partial charge in [-0.15, -0.1) is 0 Å². The van der Waals surface area contributed by atoms with Gasteiger partial charge in [-0.1, -0.05) is 35.9 Å². The Balaban J connectivity index is 1.83. The van der Waals surface area contributed by atoms with Crippen LogP contribution in [-0.4, -0.2) is 15.6 Å². The quantitative estimate of drug-likeness (QED) is 0.660. The van der Waals surface area contributed by atoms with E-state index in [1.807, 2.05) is 19.1 Å². The van der Waals surface area contributed by atoms with Gasteiger partial charge in [0.05, 0.1) is 22.3 Å². The number of hydrogen-bond acceptors (Lipinski definition) is 3. The van der Waals surface area contributed by atoms with Crippen molar-refractivity contribution >= 4 is 34.2 Å². The summed E-state index contributed by atoms with van der Waals surface area (Å²) < 4.78 is 1.74. The monoisotopic (exact) mass is 396 g/mol. The third-order valence-electron chi connectivity index (χ3n) is 5.44. The van der Waals surface area contributed by atoms with Gasteiger partial charge in [-0.25, -0.2) is 4.79 Å². The number of aryl methyl sites for hydroxylation is 2. The molecule has 1 aliphatic carbocycles. The van der Waals surface area contributed by atoms with Crippen LogP contribution in [0.2, 0.25) is 5.02 Å². The SMILES string of the molecule is CCn1cc(C(=O)O)c(=O)c2cc(N[C@@H]3CCCc4ccccc43)c(Cl)cc21. The van der Waals surface area contributed by atoms with Crippen molar-refractivity contribution in [1.29, 1.82) is 0 Å². The molecule has 0 spiro atoms. The molecule has 1 aliphatic rings. The summed E-state index contributed by atoms with van der Waals surface area (Å²) in [6.45, 7) is 2.44. The number of rotatable bonds is 4. The van der Waals surface area contributed by atoms with Gasteiger partial charge in [0.25, 0.3) is 0 Å². The number of carboxylic acids is 1. The average Bonchev–Trinajstić information content (AvgIpc) is 2.69. The van der Waals surface area contributed by atoms with E-state index >= 15 is 0 Å². The van der Waals surface area contributed by atoms with Crippen molar-refractivity contribution in [3.63, 3.8) is 0 Å². The van der Waals surface area contributed by atoms with Crippen molar-refractivity contribution in [2.75, 3.05) is 5.32 Å². The van der Waals surface area contributed by atoms with Gasteiger partial charge >= 0.3 is 5.97 Å². The van der Waals surface area contributed by atoms with E-state index in [2.05, 4.69) is 17.4 Å². The number of benzene rings is 2. The Bertz CT molecular complexity index is 1140. The maximum absolute atomic E-state index is 12.7. The van der Waals surface area contributed by atoms with Gasteiger partial charge in [-0.2, -0.15) is 0 Å². The minimum absolute atomic E-state index is 0.107. The lowest BCUT2D eigenvalue weighted by molar-refractivity contribution is 0.0695. The second-order valence-corrected chi connectivity index (χ2v) is 7.51. The molecule has 4 rings (SSSR count). The van der Waals surface area contributed by atoms with Gasteiger partial charge in [0.15, 0.2) is 0 Å². The molecule has 1 atom stereocenters. The maximum atomic E-state index is 12.7. The van der Waals surface area contributed by atoms with Crippen LogP contribution >= 0.6 is 11.6 Å². The smallest absolute Gasteiger partial charge is 0.341 e. The highest BCUT2D eigenvalue weighted by Gasteiger charge is 2.21. The first-order chi connectivity index (χ1) is 13.5. The molecule has 0 bridgehead atoms. The molecule has 0 unspecified atom stereocenters. The zero-order chi connectivity index (χ0) is 19.8. The largest absolute Gasteiger partial charge is 0.477 e. The summed E-state index contributed by atoms with van der Waals surface area (Å²) in [5.41, 5.74) is 3.14. The van der Waals surface area contributed by atoms with Crippen LogP contribution in [0, 0.1) is 0 Å². The Hall–Kier alpha value is -2.79. The van der Waals surface area contributed by atoms with Crippen LogP contribution in [0.5, 0.6) is 0 Å². The van der Waals surface area contributed by atoms with E-state index in [9.17, 15) is 14.7 Å². The Morgan fingerprint density at radius 1 is 1.32 bits per heavy atom. The van der Waals surface area contributed by atoms with Crippen LogP contribution in [0.15, 0.2) is 47.4 Å². The summed E-state index contributed by atoms with van der Waals surface area (Å²) in [5.74, 6) is -1.22. The van der Waals surface area contributed by atoms with Crippen LogP contribution in [0.3, 0.4) is 0 Å². The van der Waals surface area contributed by atoms with Gasteiger partial charge in [-0.3, -0.25) is 4.79 Å². The molecule has 0 saturated carbocycles. The number of nitrogens with one attached hydrogen (secondary N) is 1. The Kier molecular flexibility index (Phi) is 4.85. The van der Waals surface area contributed by atoms with Gasteiger partial charge in [0, 0.05) is 18.1 Å². The first-order valence-electron chi connectivity index (χ1n) is 9.44. The fourth-order valence-corrected chi connectivity index (χ4v) is 4.24. The number of carbonyl (C=O) groups is 1. The van der Waals surface area contributed by atoms with Crippen LogP contribution in [0.1, 0.15) is 47.3 Å². The Morgan fingerprint density at radius 3 is 2.86 bits per heavy atom. The fraction of sp³-hybridized carbons (Fsp3) is 0.273. The Labute approximate surface area is 167 Å². The number of aromatic nitrogens is 1. The third-order valence-corrected chi connectivity index (χ3v) is 5.75. The zero-order valence-corrected chi connectivity index (χ0v) is 16.3. The lowest BCUT2D eigenvalue weighted by atomic mass is 9.87. The first-order valence-corrected chi connectivity index (χ1v) is 9.81. The molecule has 2 aromatic carbocycles. The van der Waals surface area contributed by atoms with E-state index in [4.69, 9.17) is 11.6 Å². The minimum atomic E-state index is -1.22. The van der Waals surface area contributed by atoms with E-state index in [0.29, 0.717) is 28.2 Å². The van der Waals surface area contributed by atoms with E-state index < -0.39 is 11.4 Å². The molecule has 0 radical (unpaired) electrons. The molecule has 5 nitrogen and oxygen atoms in total. The van der Waals surface area contributed by atoms with Crippen LogP contribution < -0.4 is 10.7 Å². The van der Waals surface area contributed by atoms with Gasteiger partial charge < -0.3 is 15.0 Å². The molecule has 2 N–H and O–H groups in total. The van der Waals surface area contributed by atoms with Gasteiger partial charge in [-0.05, 0) is 49.4 Å². The van der Waals surface area contributed by atoms with Crippen molar-refractivity contribution in [3.8, 4) is 0 Å². The van der Waals surface area contributed by atoms with Crippen molar-refractivity contribution in [1.82, 2.24) is 4.57 Å². The molecule has 0 fully saturated rings. The number of anilines is 1. The lowest BCUT2D eigenvalue weighted by Gasteiger charge is -2.28. The van der Waals surface area contributed by atoms with E-state index in [-0.39, 0.29) is 11.6 Å². The molecular formula is C22H21ClN2O3. The molecule has 0 aliphatic heterocycles. The summed E-state index contributed by atoms with van der Waals surface area (Å²) in [6.07, 6.45) is 4.49. The summed E-state index contributed by atoms with van der Waals surface area (Å²) in [4.78, 5) is 24.2. The van der Waals surface area contributed by atoms with Crippen LogP contribution in [0.4, 0.5) is 5.69 Å². The highest BCUT2D eigenvalue weighted by Crippen LogP contribution is 2.35. The van der Waals surface area contributed by atoms with Gasteiger partial charge in [0.1, 0.15) is 5.56 Å². The summed E-state index contributed by atoms with van der Waals surface area (Å²) >= 11 is 6.54. The van der Waals surface area contributed by atoms with E-state index in [1.165, 1.54) is 17.3 Å². The second-order valence-electron chi connectivity index (χ2n) is 7.10. The molecule has 3 aromatic rings. The Morgan fingerprint density at radius 2 is 2.11 bits per heavy atom. The van der Waals surface area contributed by atoms with E-state index in [0.717, 1.165) is 19.3 Å². The van der Waals surface area contributed by atoms with Crippen molar-refractivity contribution < 1.29 is 9.90 Å². The normalized spacial score (nSPS) is 16.0. The molecule has 0 amide bonds. The number of fused-ring (bicyclic) bond motifs is 2. The average molecular weight is 397 g/mol. The second kappa shape index (κ2) is 7.32. The number of pyridine rings is 1. The topological polar surface area (TPSA) is 71.3 Å². The zero-order valence-electron chi connectivity index (χ0n) is 15.5. The van der Waals surface area contributed by atoms with Crippen LogP contribution in [0.25, 0.3) is 10.9 Å². The fourth-order valence-electron chi connectivity index (χ4n) is 4.03. The number of nitrogens with zero attached hydrogens (tertiary/aromatic N) is 1. The van der Waals surface area contributed by atoms with E-state index in [1.54, 1.807) is 16.7 Å². The van der Waals surface area contributed by atoms with Crippen LogP contribution in [-0.2, 0) is 13.0 Å². The molecule has 144 valence electrons. The molecule has 6 heteroatoms. The number of hydrogen-bond donors (Lipinski definition) is 2. The minimum Gasteiger partial charge on any atom is -0.477 e. The highest BCUT2D eigenvalue weighted by molar-refractivity contribution is 6.34. The number of carboxylic acid groups (broad SMARTS) is 1. The molecule has 28 heavy (non-hydrogen) atoms. The van der Waals surface area contributed by atoms with Crippen molar-refractivity contribution in [2.24, 2.45) is 0 Å². The summed E-state index contributed by atoms with van der Waals surface area (Å²) in [7, 11) is 0. The number of aromatic carboxylic acids is 1. The molecular weight excluding hydrogens is 376 g/mol. The summed E-state index contributed by atoms with van der Waals surface area (Å²) in [6, 6.07) is 11.9. The maximum Gasteiger partial charge on any atom is 0.341 e.